The summed E-state index contributed by atoms with van der Waals surface area (Å²) in [6.07, 6.45) is 19.9. The van der Waals surface area contributed by atoms with Gasteiger partial charge in [0.2, 0.25) is 0 Å². The first-order chi connectivity index (χ1) is 17.5. The zero-order chi connectivity index (χ0) is 25.0. The number of fused-ring (bicyclic) bond motifs is 5. The van der Waals surface area contributed by atoms with E-state index in [1.165, 1.54) is 56.8 Å². The Balaban J connectivity index is 0.000000330. The van der Waals surface area contributed by atoms with Gasteiger partial charge in [0.15, 0.2) is 0 Å². The van der Waals surface area contributed by atoms with Gasteiger partial charge in [0, 0.05) is 31.7 Å². The Hall–Kier alpha value is -3.78. The highest BCUT2D eigenvalue weighted by atomic mass is 15.1. The molecular formula is C34H36N2. The Bertz CT molecular complexity index is 1420. The van der Waals surface area contributed by atoms with Crippen molar-refractivity contribution in [3.8, 4) is 11.1 Å². The van der Waals surface area contributed by atoms with E-state index in [9.17, 15) is 0 Å². The van der Waals surface area contributed by atoms with Crippen LogP contribution in [0.3, 0.4) is 0 Å². The van der Waals surface area contributed by atoms with Gasteiger partial charge in [-0.3, -0.25) is 0 Å². The second-order valence-corrected chi connectivity index (χ2v) is 10.5. The van der Waals surface area contributed by atoms with E-state index in [-0.39, 0.29) is 5.41 Å². The molecule has 0 radical (unpaired) electrons. The number of hydrogen-bond acceptors (Lipinski definition) is 2. The maximum atomic E-state index is 2.92. The standard InChI is InChI=1S/C28H29N.C6H7N/c1-28(2)17-7-10-26-25-13-11-21-18-22(29(3)19-20-8-5-4-6-9-20)12-14-23(21)24(25)15-16-27(26)28;1-2-4-6-7-5-3-1/h4-6,8-10,12-16,18H,7,11,17,19H2,1-3H3;1-7H. The summed E-state index contributed by atoms with van der Waals surface area (Å²) in [6, 6.07) is 22.4. The molecule has 3 aromatic rings. The Kier molecular flexibility index (Phi) is 6.95. The number of allylic oxidation sites excluding steroid dienone is 4. The lowest BCUT2D eigenvalue weighted by molar-refractivity contribution is 0.477. The fourth-order valence-electron chi connectivity index (χ4n) is 5.43. The number of hydrogen-bond donors (Lipinski definition) is 1. The molecule has 0 unspecified atom stereocenters. The van der Waals surface area contributed by atoms with E-state index < -0.39 is 0 Å². The van der Waals surface area contributed by atoms with Crippen LogP contribution in [0.25, 0.3) is 23.3 Å². The van der Waals surface area contributed by atoms with Crippen molar-refractivity contribution < 1.29 is 0 Å². The third-order valence-corrected chi connectivity index (χ3v) is 7.46. The fourth-order valence-corrected chi connectivity index (χ4v) is 5.43. The zero-order valence-electron chi connectivity index (χ0n) is 21.7. The number of nitrogens with one attached hydrogen (secondary N) is 1. The molecule has 1 aliphatic heterocycles. The van der Waals surface area contributed by atoms with E-state index in [1.54, 1.807) is 0 Å². The molecule has 1 N–H and O–H groups in total. The van der Waals surface area contributed by atoms with E-state index in [2.05, 4.69) is 104 Å². The average Bonchev–Trinajstić information content (AvgIpc) is 3.22. The van der Waals surface area contributed by atoms with Crippen LogP contribution in [-0.4, -0.2) is 7.05 Å². The highest BCUT2D eigenvalue weighted by molar-refractivity contribution is 5.76. The fraction of sp³-hybridized carbons (Fsp3) is 0.235. The molecule has 0 fully saturated rings. The predicted octanol–water partition coefficient (Wildman–Crippen LogP) is 6.35. The largest absolute Gasteiger partial charge is 0.370 e. The van der Waals surface area contributed by atoms with Crippen LogP contribution in [-0.2, 0) is 18.4 Å². The molecule has 3 aliphatic rings. The second-order valence-electron chi connectivity index (χ2n) is 10.5. The van der Waals surface area contributed by atoms with Gasteiger partial charge in [-0.25, -0.2) is 0 Å². The number of anilines is 1. The summed E-state index contributed by atoms with van der Waals surface area (Å²) in [5.74, 6) is 0. The highest BCUT2D eigenvalue weighted by Crippen LogP contribution is 2.32. The van der Waals surface area contributed by atoms with Gasteiger partial charge in [-0.2, -0.15) is 0 Å². The molecule has 3 aromatic carbocycles. The lowest BCUT2D eigenvalue weighted by atomic mass is 9.74. The summed E-state index contributed by atoms with van der Waals surface area (Å²) >= 11 is 0. The van der Waals surface area contributed by atoms with E-state index >= 15 is 0 Å². The maximum Gasteiger partial charge on any atom is 0.0426 e. The molecule has 182 valence electrons. The van der Waals surface area contributed by atoms with Gasteiger partial charge in [0.05, 0.1) is 0 Å². The highest BCUT2D eigenvalue weighted by Gasteiger charge is 2.25. The van der Waals surface area contributed by atoms with Gasteiger partial charge in [0.1, 0.15) is 0 Å². The van der Waals surface area contributed by atoms with Crippen molar-refractivity contribution in [3.05, 3.63) is 124 Å². The monoisotopic (exact) mass is 472 g/mol. The minimum Gasteiger partial charge on any atom is -0.370 e. The third-order valence-electron chi connectivity index (χ3n) is 7.46. The molecule has 0 bridgehead atoms. The van der Waals surface area contributed by atoms with Crippen molar-refractivity contribution in [2.24, 2.45) is 0 Å². The first kappa shape index (κ1) is 23.9. The lowest BCUT2D eigenvalue weighted by Gasteiger charge is -2.30. The first-order valence-electron chi connectivity index (χ1n) is 13.0. The van der Waals surface area contributed by atoms with Crippen LogP contribution in [0.15, 0.2) is 97.4 Å². The van der Waals surface area contributed by atoms with Crippen LogP contribution in [0.4, 0.5) is 5.69 Å². The number of benzene rings is 3. The molecule has 2 heteroatoms. The first-order valence-corrected chi connectivity index (χ1v) is 13.0. The van der Waals surface area contributed by atoms with Crippen LogP contribution in [0, 0.1) is 0 Å². The topological polar surface area (TPSA) is 15.3 Å². The minimum absolute atomic E-state index is 0.275. The Labute approximate surface area is 215 Å². The summed E-state index contributed by atoms with van der Waals surface area (Å²) in [4.78, 5) is 2.34. The molecular weight excluding hydrogens is 436 g/mol. The quantitative estimate of drug-likeness (QED) is 0.478. The second kappa shape index (κ2) is 10.5. The Morgan fingerprint density at radius 2 is 1.56 bits per heavy atom. The van der Waals surface area contributed by atoms with Gasteiger partial charge in [-0.05, 0) is 87.2 Å². The van der Waals surface area contributed by atoms with Crippen molar-refractivity contribution in [2.75, 3.05) is 11.9 Å². The molecule has 0 atom stereocenters. The molecule has 36 heavy (non-hydrogen) atoms. The van der Waals surface area contributed by atoms with Crippen LogP contribution in [0.1, 0.15) is 43.4 Å². The summed E-state index contributed by atoms with van der Waals surface area (Å²) in [5.41, 5.74) is 8.66. The summed E-state index contributed by atoms with van der Waals surface area (Å²) < 4.78 is 0. The van der Waals surface area contributed by atoms with Crippen molar-refractivity contribution in [1.29, 1.82) is 0 Å². The van der Waals surface area contributed by atoms with Gasteiger partial charge >= 0.3 is 0 Å². The van der Waals surface area contributed by atoms with Crippen LogP contribution < -0.4 is 20.7 Å². The predicted molar refractivity (Wildman–Crippen MR) is 155 cm³/mol. The summed E-state index contributed by atoms with van der Waals surface area (Å²) in [5, 5.41) is 5.86. The zero-order valence-corrected chi connectivity index (χ0v) is 21.7. The molecule has 0 aromatic heterocycles. The van der Waals surface area contributed by atoms with Crippen LogP contribution >= 0.6 is 0 Å². The summed E-state index contributed by atoms with van der Waals surface area (Å²) in [7, 11) is 2.18. The Morgan fingerprint density at radius 1 is 0.806 bits per heavy atom. The van der Waals surface area contributed by atoms with E-state index in [4.69, 9.17) is 0 Å². The van der Waals surface area contributed by atoms with E-state index in [1.807, 2.05) is 36.7 Å². The van der Waals surface area contributed by atoms with Crippen molar-refractivity contribution >= 4 is 17.8 Å². The molecule has 6 rings (SSSR count). The number of rotatable bonds is 3. The minimum atomic E-state index is 0.275. The van der Waals surface area contributed by atoms with E-state index in [0.717, 1.165) is 13.0 Å². The normalized spacial score (nSPS) is 16.0. The molecule has 1 heterocycles. The van der Waals surface area contributed by atoms with Gasteiger partial charge in [-0.1, -0.05) is 86.7 Å². The van der Waals surface area contributed by atoms with Crippen LogP contribution in [0.5, 0.6) is 0 Å². The van der Waals surface area contributed by atoms with Crippen molar-refractivity contribution in [1.82, 2.24) is 5.32 Å². The van der Waals surface area contributed by atoms with Crippen molar-refractivity contribution in [3.63, 3.8) is 0 Å². The third kappa shape index (κ3) is 5.09. The molecule has 2 aliphatic carbocycles. The molecule has 0 saturated heterocycles. The molecule has 0 saturated carbocycles. The van der Waals surface area contributed by atoms with Gasteiger partial charge in [-0.15, -0.1) is 0 Å². The van der Waals surface area contributed by atoms with E-state index in [0.29, 0.717) is 0 Å². The van der Waals surface area contributed by atoms with Crippen molar-refractivity contribution in [2.45, 2.75) is 45.1 Å². The number of nitrogens with zero attached hydrogens (tertiary/aromatic N) is 1. The molecule has 2 nitrogen and oxygen atoms in total. The molecule has 0 spiro atoms. The average molecular weight is 473 g/mol. The Morgan fingerprint density at radius 3 is 2.33 bits per heavy atom. The smallest absolute Gasteiger partial charge is 0.0426 e. The van der Waals surface area contributed by atoms with Gasteiger partial charge in [0.25, 0.3) is 0 Å². The SMILES string of the molecule is C1=CC=CNC=C1.CN(Cc1ccccc1)c1ccc2c(c1)CC=c1c-2ccc2c1=CCCC2(C)C. The summed E-state index contributed by atoms with van der Waals surface area (Å²) in [6.45, 7) is 5.70. The maximum absolute atomic E-state index is 2.92. The van der Waals surface area contributed by atoms with Gasteiger partial charge < -0.3 is 10.2 Å². The van der Waals surface area contributed by atoms with Crippen LogP contribution in [0.2, 0.25) is 0 Å². The molecule has 0 amide bonds. The lowest BCUT2D eigenvalue weighted by Crippen LogP contribution is -2.40.